The number of benzene rings is 1. The standard InChI is InChI=1S/C18H24O3/c1-3-14-8-4-5-10-16(14)21-18-13(2)7-6-9-15(18)11-12-17(19)20/h6-7,9,11-12,14,16H,3-5,8,10H2,1-2H3,(H,19,20)/b12-11+. The lowest BCUT2D eigenvalue weighted by molar-refractivity contribution is -0.131. The summed E-state index contributed by atoms with van der Waals surface area (Å²) >= 11 is 0. The van der Waals surface area contributed by atoms with Crippen LogP contribution < -0.4 is 4.74 Å². The summed E-state index contributed by atoms with van der Waals surface area (Å²) in [6.07, 6.45) is 9.00. The molecule has 2 rings (SSSR count). The molecule has 2 atom stereocenters. The molecule has 0 radical (unpaired) electrons. The summed E-state index contributed by atoms with van der Waals surface area (Å²) in [5.41, 5.74) is 1.90. The summed E-state index contributed by atoms with van der Waals surface area (Å²) < 4.78 is 6.31. The molecule has 0 heterocycles. The van der Waals surface area contributed by atoms with Crippen LogP contribution in [0, 0.1) is 12.8 Å². The summed E-state index contributed by atoms with van der Waals surface area (Å²) in [5.74, 6) is 0.501. The Hall–Kier alpha value is -1.77. The third-order valence-electron chi connectivity index (χ3n) is 4.28. The van der Waals surface area contributed by atoms with Crippen LogP contribution in [-0.4, -0.2) is 17.2 Å². The minimum atomic E-state index is -0.938. The minimum absolute atomic E-state index is 0.252. The average molecular weight is 288 g/mol. The number of aryl methyl sites for hydroxylation is 1. The van der Waals surface area contributed by atoms with E-state index < -0.39 is 5.97 Å². The fraction of sp³-hybridized carbons (Fsp3) is 0.500. The SMILES string of the molecule is CCC1CCCCC1Oc1c(C)cccc1/C=C/C(=O)O. The highest BCUT2D eigenvalue weighted by molar-refractivity contribution is 5.86. The first kappa shape index (κ1) is 15.6. The van der Waals surface area contributed by atoms with E-state index in [0.29, 0.717) is 5.92 Å². The predicted molar refractivity (Wildman–Crippen MR) is 84.5 cm³/mol. The second-order valence-corrected chi connectivity index (χ2v) is 5.77. The topological polar surface area (TPSA) is 46.5 Å². The summed E-state index contributed by atoms with van der Waals surface area (Å²) in [7, 11) is 0. The summed E-state index contributed by atoms with van der Waals surface area (Å²) in [5, 5.41) is 8.81. The molecular formula is C18H24O3. The van der Waals surface area contributed by atoms with Crippen LogP contribution in [0.1, 0.15) is 50.2 Å². The van der Waals surface area contributed by atoms with Crippen molar-refractivity contribution in [1.82, 2.24) is 0 Å². The first-order valence-corrected chi connectivity index (χ1v) is 7.79. The lowest BCUT2D eigenvalue weighted by atomic mass is 9.84. The molecular weight excluding hydrogens is 264 g/mol. The molecule has 1 aliphatic rings. The number of carboxylic acid groups (broad SMARTS) is 1. The molecule has 3 heteroatoms. The number of carbonyl (C=O) groups is 1. The van der Waals surface area contributed by atoms with Crippen LogP contribution in [0.2, 0.25) is 0 Å². The zero-order valence-electron chi connectivity index (χ0n) is 12.8. The van der Waals surface area contributed by atoms with Crippen molar-refractivity contribution in [3.05, 3.63) is 35.4 Å². The molecule has 0 aliphatic heterocycles. The predicted octanol–water partition coefficient (Wildman–Crippen LogP) is 4.44. The third-order valence-corrected chi connectivity index (χ3v) is 4.28. The number of ether oxygens (including phenoxy) is 1. The second kappa shape index (κ2) is 7.30. The van der Waals surface area contributed by atoms with Crippen LogP contribution in [0.4, 0.5) is 0 Å². The Bertz CT molecular complexity index is 519. The van der Waals surface area contributed by atoms with Crippen LogP contribution in [0.5, 0.6) is 5.75 Å². The first-order valence-electron chi connectivity index (χ1n) is 7.79. The van der Waals surface area contributed by atoms with E-state index >= 15 is 0 Å². The highest BCUT2D eigenvalue weighted by atomic mass is 16.5. The monoisotopic (exact) mass is 288 g/mol. The molecule has 1 aromatic carbocycles. The maximum absolute atomic E-state index is 10.7. The number of hydrogen-bond acceptors (Lipinski definition) is 2. The molecule has 0 saturated heterocycles. The lowest BCUT2D eigenvalue weighted by Crippen LogP contribution is -2.30. The van der Waals surface area contributed by atoms with Crippen molar-refractivity contribution in [2.75, 3.05) is 0 Å². The Labute approximate surface area is 126 Å². The minimum Gasteiger partial charge on any atom is -0.489 e. The molecule has 1 saturated carbocycles. The molecule has 0 amide bonds. The van der Waals surface area contributed by atoms with Gasteiger partial charge < -0.3 is 9.84 Å². The van der Waals surface area contributed by atoms with E-state index in [9.17, 15) is 4.79 Å². The van der Waals surface area contributed by atoms with Gasteiger partial charge in [-0.1, -0.05) is 31.5 Å². The van der Waals surface area contributed by atoms with Crippen LogP contribution in [0.15, 0.2) is 24.3 Å². The van der Waals surface area contributed by atoms with Crippen molar-refractivity contribution < 1.29 is 14.6 Å². The molecule has 0 aromatic heterocycles. The number of aliphatic carboxylic acids is 1. The third kappa shape index (κ3) is 4.10. The normalized spacial score (nSPS) is 22.4. The largest absolute Gasteiger partial charge is 0.489 e. The van der Waals surface area contributed by atoms with E-state index in [1.807, 2.05) is 25.1 Å². The maximum atomic E-state index is 10.7. The van der Waals surface area contributed by atoms with Crippen molar-refractivity contribution in [2.24, 2.45) is 5.92 Å². The number of carboxylic acids is 1. The Morgan fingerprint density at radius 1 is 1.38 bits per heavy atom. The van der Waals surface area contributed by atoms with Gasteiger partial charge in [-0.25, -0.2) is 4.79 Å². The molecule has 21 heavy (non-hydrogen) atoms. The van der Waals surface area contributed by atoms with Gasteiger partial charge in [-0.3, -0.25) is 0 Å². The average Bonchev–Trinajstić information content (AvgIpc) is 2.48. The van der Waals surface area contributed by atoms with Crippen molar-refractivity contribution in [3.8, 4) is 5.75 Å². The van der Waals surface area contributed by atoms with Crippen LogP contribution >= 0.6 is 0 Å². The van der Waals surface area contributed by atoms with Gasteiger partial charge in [0.05, 0.1) is 0 Å². The van der Waals surface area contributed by atoms with E-state index in [1.54, 1.807) is 6.08 Å². The second-order valence-electron chi connectivity index (χ2n) is 5.77. The van der Waals surface area contributed by atoms with Crippen molar-refractivity contribution in [1.29, 1.82) is 0 Å². The Kier molecular flexibility index (Phi) is 5.43. The Morgan fingerprint density at radius 3 is 2.86 bits per heavy atom. The zero-order chi connectivity index (χ0) is 15.2. The van der Waals surface area contributed by atoms with Crippen molar-refractivity contribution in [2.45, 2.75) is 52.1 Å². The van der Waals surface area contributed by atoms with Gasteiger partial charge in [0.2, 0.25) is 0 Å². The molecule has 1 aliphatic carbocycles. The summed E-state index contributed by atoms with van der Waals surface area (Å²) in [6, 6.07) is 5.85. The van der Waals surface area contributed by atoms with Crippen LogP contribution in [0.3, 0.4) is 0 Å². The van der Waals surface area contributed by atoms with E-state index in [2.05, 4.69) is 6.92 Å². The molecule has 1 aromatic rings. The van der Waals surface area contributed by atoms with Gasteiger partial charge in [0, 0.05) is 11.6 Å². The molecule has 1 N–H and O–H groups in total. The molecule has 0 spiro atoms. The van der Waals surface area contributed by atoms with Crippen LogP contribution in [0.25, 0.3) is 6.08 Å². The van der Waals surface area contributed by atoms with E-state index in [4.69, 9.17) is 9.84 Å². The highest BCUT2D eigenvalue weighted by Crippen LogP contribution is 2.33. The smallest absolute Gasteiger partial charge is 0.328 e. The molecule has 1 fully saturated rings. The molecule has 2 unspecified atom stereocenters. The van der Waals surface area contributed by atoms with Gasteiger partial charge in [0.15, 0.2) is 0 Å². The lowest BCUT2D eigenvalue weighted by Gasteiger charge is -2.32. The molecule has 3 nitrogen and oxygen atoms in total. The summed E-state index contributed by atoms with van der Waals surface area (Å²) in [6.45, 7) is 4.23. The number of hydrogen-bond donors (Lipinski definition) is 1. The Balaban J connectivity index is 2.23. The van der Waals surface area contributed by atoms with E-state index in [1.165, 1.54) is 25.3 Å². The zero-order valence-corrected chi connectivity index (χ0v) is 12.8. The Morgan fingerprint density at radius 2 is 2.14 bits per heavy atom. The van der Waals surface area contributed by atoms with Gasteiger partial charge in [-0.2, -0.15) is 0 Å². The van der Waals surface area contributed by atoms with Gasteiger partial charge in [0.25, 0.3) is 0 Å². The van der Waals surface area contributed by atoms with E-state index in [-0.39, 0.29) is 6.10 Å². The van der Waals surface area contributed by atoms with Crippen molar-refractivity contribution in [3.63, 3.8) is 0 Å². The van der Waals surface area contributed by atoms with Gasteiger partial charge in [-0.05, 0) is 50.2 Å². The fourth-order valence-electron chi connectivity index (χ4n) is 3.08. The van der Waals surface area contributed by atoms with Gasteiger partial charge in [0.1, 0.15) is 11.9 Å². The summed E-state index contributed by atoms with van der Waals surface area (Å²) in [4.78, 5) is 10.7. The first-order chi connectivity index (χ1) is 10.1. The quantitative estimate of drug-likeness (QED) is 0.815. The van der Waals surface area contributed by atoms with Gasteiger partial charge in [-0.15, -0.1) is 0 Å². The number of para-hydroxylation sites is 1. The fourth-order valence-corrected chi connectivity index (χ4v) is 3.08. The highest BCUT2D eigenvalue weighted by Gasteiger charge is 2.26. The van der Waals surface area contributed by atoms with Gasteiger partial charge >= 0.3 is 5.97 Å². The van der Waals surface area contributed by atoms with Crippen molar-refractivity contribution >= 4 is 12.0 Å². The molecule has 0 bridgehead atoms. The van der Waals surface area contributed by atoms with E-state index in [0.717, 1.165) is 29.7 Å². The molecule has 114 valence electrons. The van der Waals surface area contributed by atoms with Crippen LogP contribution in [-0.2, 0) is 4.79 Å². The maximum Gasteiger partial charge on any atom is 0.328 e. The number of rotatable bonds is 5.